The van der Waals surface area contributed by atoms with Crippen molar-refractivity contribution >= 4 is 69.7 Å². The summed E-state index contributed by atoms with van der Waals surface area (Å²) in [6.07, 6.45) is 3.16. The topological polar surface area (TPSA) is 74.0 Å². The first kappa shape index (κ1) is 23.7. The van der Waals surface area contributed by atoms with Crippen molar-refractivity contribution in [2.75, 3.05) is 5.32 Å². The molecule has 0 unspecified atom stereocenters. The Morgan fingerprint density at radius 1 is 0.909 bits per heavy atom. The van der Waals surface area contributed by atoms with E-state index >= 15 is 0 Å². The number of anilines is 1. The second-order valence-electron chi connectivity index (χ2n) is 6.77. The van der Waals surface area contributed by atoms with E-state index in [4.69, 9.17) is 62.7 Å². The Kier molecular flexibility index (Phi) is 7.36. The highest BCUT2D eigenvalue weighted by Gasteiger charge is 2.16. The smallest absolute Gasteiger partial charge is 0.277 e. The maximum atomic E-state index is 12.6. The van der Waals surface area contributed by atoms with Crippen LogP contribution < -0.4 is 10.1 Å². The van der Waals surface area contributed by atoms with E-state index in [2.05, 4.69) is 15.5 Å². The Hall–Kier alpha value is -2.42. The first-order valence-corrected chi connectivity index (χ1v) is 11.3. The van der Waals surface area contributed by atoms with Gasteiger partial charge in [0, 0.05) is 33.0 Å². The lowest BCUT2D eigenvalue weighted by molar-refractivity contribution is 0.101. The SMILES string of the molecule is O=C(Nc1nn(Cc2c(Cl)cccc2Cl)cc1Cl)c1ccn(COc2ccc(Cl)cc2Cl)n1. The molecule has 0 saturated carbocycles. The highest BCUT2D eigenvalue weighted by molar-refractivity contribution is 6.36. The lowest BCUT2D eigenvalue weighted by atomic mass is 10.2. The van der Waals surface area contributed by atoms with E-state index in [1.807, 2.05) is 0 Å². The molecule has 0 spiro atoms. The maximum absolute atomic E-state index is 12.6. The van der Waals surface area contributed by atoms with Crippen LogP contribution in [0.1, 0.15) is 16.1 Å². The Bertz CT molecular complexity index is 1300. The van der Waals surface area contributed by atoms with Crippen LogP contribution in [0.15, 0.2) is 54.9 Å². The number of hydrogen-bond acceptors (Lipinski definition) is 4. The molecule has 0 fully saturated rings. The molecule has 0 aliphatic carbocycles. The standard InChI is InChI=1S/C21H14Cl5N5O2/c22-12-4-5-19(16(25)8-12)33-11-30-7-6-18(28-30)21(32)27-20-17(26)10-31(29-20)9-13-14(23)2-1-3-15(13)24/h1-8,10H,9,11H2,(H,27,29,32). The van der Waals surface area contributed by atoms with Gasteiger partial charge in [-0.15, -0.1) is 0 Å². The number of halogens is 5. The number of amides is 1. The zero-order valence-electron chi connectivity index (χ0n) is 16.6. The van der Waals surface area contributed by atoms with Crippen molar-refractivity contribution in [2.24, 2.45) is 0 Å². The summed E-state index contributed by atoms with van der Waals surface area (Å²) >= 11 is 30.6. The molecule has 7 nitrogen and oxygen atoms in total. The maximum Gasteiger partial charge on any atom is 0.277 e. The molecular weight excluding hydrogens is 532 g/mol. The third kappa shape index (κ3) is 5.75. The first-order chi connectivity index (χ1) is 15.8. The van der Waals surface area contributed by atoms with Gasteiger partial charge in [-0.1, -0.05) is 64.1 Å². The summed E-state index contributed by atoms with van der Waals surface area (Å²) in [5.41, 5.74) is 0.845. The monoisotopic (exact) mass is 543 g/mol. The van der Waals surface area contributed by atoms with Crippen molar-refractivity contribution < 1.29 is 9.53 Å². The van der Waals surface area contributed by atoms with E-state index in [1.165, 1.54) is 15.4 Å². The highest BCUT2D eigenvalue weighted by atomic mass is 35.5. The van der Waals surface area contributed by atoms with Gasteiger partial charge in [0.2, 0.25) is 0 Å². The van der Waals surface area contributed by atoms with Crippen LogP contribution in [0.3, 0.4) is 0 Å². The van der Waals surface area contributed by atoms with Crippen molar-refractivity contribution in [2.45, 2.75) is 13.3 Å². The zero-order chi connectivity index (χ0) is 23.5. The molecule has 0 aliphatic heterocycles. The molecule has 2 heterocycles. The molecule has 12 heteroatoms. The fraction of sp³-hybridized carbons (Fsp3) is 0.0952. The van der Waals surface area contributed by atoms with Gasteiger partial charge in [-0.05, 0) is 36.4 Å². The van der Waals surface area contributed by atoms with Gasteiger partial charge in [0.1, 0.15) is 10.8 Å². The van der Waals surface area contributed by atoms with Crippen LogP contribution >= 0.6 is 58.0 Å². The van der Waals surface area contributed by atoms with Gasteiger partial charge in [-0.25, -0.2) is 4.68 Å². The van der Waals surface area contributed by atoms with E-state index in [1.54, 1.807) is 48.8 Å². The number of hydrogen-bond donors (Lipinski definition) is 1. The van der Waals surface area contributed by atoms with Crippen molar-refractivity contribution in [3.05, 3.63) is 91.2 Å². The Labute approximate surface area is 213 Å². The summed E-state index contributed by atoms with van der Waals surface area (Å²) in [7, 11) is 0. The summed E-state index contributed by atoms with van der Waals surface area (Å²) in [4.78, 5) is 12.6. The molecule has 0 bridgehead atoms. The molecular formula is C21H14Cl5N5O2. The van der Waals surface area contributed by atoms with Gasteiger partial charge < -0.3 is 10.1 Å². The molecule has 170 valence electrons. The molecule has 4 aromatic rings. The number of rotatable bonds is 7. The van der Waals surface area contributed by atoms with Crippen LogP contribution in [0.25, 0.3) is 0 Å². The predicted octanol–water partition coefficient (Wildman–Crippen LogP) is 6.68. The average Bonchev–Trinajstić information content (AvgIpc) is 3.37. The van der Waals surface area contributed by atoms with Gasteiger partial charge >= 0.3 is 0 Å². The minimum absolute atomic E-state index is 0.0443. The fourth-order valence-corrected chi connectivity index (χ4v) is 4.04. The predicted molar refractivity (Wildman–Crippen MR) is 130 cm³/mol. The number of aromatic nitrogens is 4. The van der Waals surface area contributed by atoms with Crippen LogP contribution in [0.5, 0.6) is 5.75 Å². The molecule has 2 aromatic carbocycles. The van der Waals surface area contributed by atoms with Crippen LogP contribution in [-0.2, 0) is 13.3 Å². The van der Waals surface area contributed by atoms with Gasteiger partial charge in [0.15, 0.2) is 18.2 Å². The van der Waals surface area contributed by atoms with E-state index in [-0.39, 0.29) is 29.8 Å². The second kappa shape index (κ2) is 10.2. The van der Waals surface area contributed by atoms with Crippen LogP contribution in [0.2, 0.25) is 25.1 Å². The lowest BCUT2D eigenvalue weighted by Gasteiger charge is -2.08. The quantitative estimate of drug-likeness (QED) is 0.281. The van der Waals surface area contributed by atoms with Crippen molar-refractivity contribution in [1.82, 2.24) is 19.6 Å². The minimum atomic E-state index is -0.485. The number of carbonyl (C=O) groups excluding carboxylic acids is 1. The second-order valence-corrected chi connectivity index (χ2v) is 8.83. The first-order valence-electron chi connectivity index (χ1n) is 9.38. The van der Waals surface area contributed by atoms with Gasteiger partial charge in [-0.2, -0.15) is 10.2 Å². The van der Waals surface area contributed by atoms with Crippen LogP contribution in [-0.4, -0.2) is 25.5 Å². The molecule has 1 amide bonds. The van der Waals surface area contributed by atoms with Gasteiger partial charge in [-0.3, -0.25) is 9.48 Å². The largest absolute Gasteiger partial charge is 0.470 e. The fourth-order valence-electron chi connectivity index (χ4n) is 2.86. The van der Waals surface area contributed by atoms with Crippen LogP contribution in [0, 0.1) is 0 Å². The summed E-state index contributed by atoms with van der Waals surface area (Å²) in [5.74, 6) is 0.142. The van der Waals surface area contributed by atoms with E-state index in [0.717, 1.165) is 0 Å². The molecule has 0 atom stereocenters. The van der Waals surface area contributed by atoms with E-state index < -0.39 is 5.91 Å². The molecule has 1 N–H and O–H groups in total. The normalized spacial score (nSPS) is 10.9. The number of benzene rings is 2. The molecule has 0 saturated heterocycles. The third-order valence-corrected chi connectivity index (χ3v) is 5.97. The number of nitrogens with zero attached hydrogens (tertiary/aromatic N) is 4. The number of carbonyl (C=O) groups is 1. The number of nitrogens with one attached hydrogen (secondary N) is 1. The van der Waals surface area contributed by atoms with Gasteiger partial charge in [0.25, 0.3) is 5.91 Å². The summed E-state index contributed by atoms with van der Waals surface area (Å²) in [6.45, 7) is 0.329. The van der Waals surface area contributed by atoms with Crippen molar-refractivity contribution in [3.8, 4) is 5.75 Å². The van der Waals surface area contributed by atoms with E-state index in [0.29, 0.717) is 31.4 Å². The summed E-state index contributed by atoms with van der Waals surface area (Å²) < 4.78 is 8.59. The summed E-state index contributed by atoms with van der Waals surface area (Å²) in [5, 5.41) is 13.3. The minimum Gasteiger partial charge on any atom is -0.470 e. The molecule has 33 heavy (non-hydrogen) atoms. The Morgan fingerprint density at radius 3 is 2.39 bits per heavy atom. The van der Waals surface area contributed by atoms with Gasteiger partial charge in [0.05, 0.1) is 11.6 Å². The van der Waals surface area contributed by atoms with Crippen molar-refractivity contribution in [3.63, 3.8) is 0 Å². The Morgan fingerprint density at radius 2 is 1.67 bits per heavy atom. The Balaban J connectivity index is 1.40. The zero-order valence-corrected chi connectivity index (χ0v) is 20.4. The highest BCUT2D eigenvalue weighted by Crippen LogP contribution is 2.28. The molecule has 4 rings (SSSR count). The molecule has 2 aromatic heterocycles. The third-order valence-electron chi connectivity index (χ3n) is 4.45. The molecule has 0 radical (unpaired) electrons. The van der Waals surface area contributed by atoms with E-state index in [9.17, 15) is 4.79 Å². The molecule has 0 aliphatic rings. The lowest BCUT2D eigenvalue weighted by Crippen LogP contribution is -2.15. The van der Waals surface area contributed by atoms with Crippen LogP contribution in [0.4, 0.5) is 5.82 Å². The average molecular weight is 546 g/mol. The number of ether oxygens (including phenoxy) is 1. The van der Waals surface area contributed by atoms with Crippen molar-refractivity contribution in [1.29, 1.82) is 0 Å². The summed E-state index contributed by atoms with van der Waals surface area (Å²) in [6, 6.07) is 11.6.